The summed E-state index contributed by atoms with van der Waals surface area (Å²) in [6.45, 7) is 1.41. The molecular formula is C17H16F3N3O2S. The van der Waals surface area contributed by atoms with E-state index in [-0.39, 0.29) is 0 Å². The quantitative estimate of drug-likeness (QED) is 0.725. The number of rotatable bonds is 4. The van der Waals surface area contributed by atoms with Crippen LogP contribution in [0.4, 0.5) is 13.2 Å². The first-order valence-electron chi connectivity index (χ1n) is 7.72. The molecule has 0 aliphatic carbocycles. The van der Waals surface area contributed by atoms with Crippen molar-refractivity contribution in [3.63, 3.8) is 0 Å². The second kappa shape index (κ2) is 6.73. The predicted octanol–water partition coefficient (Wildman–Crippen LogP) is 3.43. The third kappa shape index (κ3) is 3.45. The number of aryl methyl sites for hydroxylation is 2. The van der Waals surface area contributed by atoms with Gasteiger partial charge >= 0.3 is 6.18 Å². The molecule has 0 radical (unpaired) electrons. The number of carbonyl (C=O) groups is 1. The van der Waals surface area contributed by atoms with Crippen LogP contribution in [0.3, 0.4) is 0 Å². The van der Waals surface area contributed by atoms with E-state index < -0.39 is 30.3 Å². The highest BCUT2D eigenvalue weighted by molar-refractivity contribution is 7.20. The van der Waals surface area contributed by atoms with Gasteiger partial charge in [0.05, 0.1) is 28.8 Å². The van der Waals surface area contributed by atoms with Crippen molar-refractivity contribution >= 4 is 27.5 Å². The van der Waals surface area contributed by atoms with Crippen LogP contribution in [0.15, 0.2) is 30.3 Å². The van der Waals surface area contributed by atoms with Crippen LogP contribution in [0.2, 0.25) is 0 Å². The fourth-order valence-corrected chi connectivity index (χ4v) is 3.71. The van der Waals surface area contributed by atoms with Crippen LogP contribution in [-0.4, -0.2) is 27.4 Å². The fourth-order valence-electron chi connectivity index (χ4n) is 2.69. The summed E-state index contributed by atoms with van der Waals surface area (Å²) in [7, 11) is 1.78. The van der Waals surface area contributed by atoms with Gasteiger partial charge in [0.15, 0.2) is 0 Å². The molecule has 2 N–H and O–H groups in total. The van der Waals surface area contributed by atoms with Crippen molar-refractivity contribution in [2.24, 2.45) is 7.05 Å². The smallest absolute Gasteiger partial charge is 0.394 e. The van der Waals surface area contributed by atoms with Crippen molar-refractivity contribution in [2.75, 3.05) is 6.61 Å². The minimum absolute atomic E-state index is 0.396. The Balaban J connectivity index is 1.80. The molecule has 5 nitrogen and oxygen atoms in total. The lowest BCUT2D eigenvalue weighted by Crippen LogP contribution is -2.30. The monoisotopic (exact) mass is 383 g/mol. The number of alkyl halides is 3. The lowest BCUT2D eigenvalue weighted by atomic mass is 10.0. The average Bonchev–Trinajstić information content (AvgIpc) is 3.14. The zero-order valence-electron chi connectivity index (χ0n) is 14.0. The van der Waals surface area contributed by atoms with E-state index in [2.05, 4.69) is 10.4 Å². The Bertz CT molecular complexity index is 910. The summed E-state index contributed by atoms with van der Waals surface area (Å²) in [5.41, 5.74) is 0.420. The van der Waals surface area contributed by atoms with Crippen molar-refractivity contribution in [1.82, 2.24) is 15.1 Å². The number of hydrogen-bond donors (Lipinski definition) is 2. The van der Waals surface area contributed by atoms with Crippen LogP contribution in [0.25, 0.3) is 10.2 Å². The van der Waals surface area contributed by atoms with Crippen molar-refractivity contribution in [1.29, 1.82) is 0 Å². The molecule has 0 bridgehead atoms. The summed E-state index contributed by atoms with van der Waals surface area (Å²) >= 11 is 1.26. The third-order valence-corrected chi connectivity index (χ3v) is 5.25. The van der Waals surface area contributed by atoms with Crippen LogP contribution >= 0.6 is 11.3 Å². The molecule has 3 rings (SSSR count). The third-order valence-electron chi connectivity index (χ3n) is 4.05. The van der Waals surface area contributed by atoms with E-state index in [1.165, 1.54) is 23.5 Å². The lowest BCUT2D eigenvalue weighted by Gasteiger charge is -2.17. The van der Waals surface area contributed by atoms with Gasteiger partial charge in [0.25, 0.3) is 5.91 Å². The number of aliphatic hydroxyl groups excluding tert-OH is 1. The van der Waals surface area contributed by atoms with Crippen molar-refractivity contribution < 1.29 is 23.1 Å². The summed E-state index contributed by atoms with van der Waals surface area (Å²) in [5, 5.41) is 17.3. The molecule has 2 heterocycles. The van der Waals surface area contributed by atoms with Gasteiger partial charge in [-0.05, 0) is 30.7 Å². The maximum atomic E-state index is 12.6. The molecule has 0 aliphatic rings. The normalized spacial score (nSPS) is 13.2. The number of thiophene rings is 1. The Morgan fingerprint density at radius 2 is 2.00 bits per heavy atom. The van der Waals surface area contributed by atoms with E-state index in [0.29, 0.717) is 10.4 Å². The zero-order valence-corrected chi connectivity index (χ0v) is 14.8. The molecule has 9 heteroatoms. The number of aliphatic hydroxyl groups is 1. The van der Waals surface area contributed by atoms with Crippen LogP contribution < -0.4 is 5.32 Å². The first-order chi connectivity index (χ1) is 12.2. The molecule has 3 aromatic rings. The van der Waals surface area contributed by atoms with E-state index in [0.717, 1.165) is 28.0 Å². The Morgan fingerprint density at radius 3 is 2.54 bits per heavy atom. The lowest BCUT2D eigenvalue weighted by molar-refractivity contribution is -0.137. The van der Waals surface area contributed by atoms with Crippen LogP contribution in [0, 0.1) is 6.92 Å². The summed E-state index contributed by atoms with van der Waals surface area (Å²) in [5.74, 6) is -0.399. The van der Waals surface area contributed by atoms with Gasteiger partial charge < -0.3 is 10.4 Å². The maximum absolute atomic E-state index is 12.6. The summed E-state index contributed by atoms with van der Waals surface area (Å²) in [6.07, 6.45) is -4.43. The Kier molecular flexibility index (Phi) is 4.76. The largest absolute Gasteiger partial charge is 0.416 e. The molecule has 0 saturated carbocycles. The molecule has 0 saturated heterocycles. The Hall–Kier alpha value is -2.39. The molecule has 26 heavy (non-hydrogen) atoms. The number of hydrogen-bond acceptors (Lipinski definition) is 4. The fraction of sp³-hybridized carbons (Fsp3) is 0.294. The van der Waals surface area contributed by atoms with Crippen molar-refractivity contribution in [2.45, 2.75) is 19.1 Å². The Labute approximate surface area is 151 Å². The number of carbonyl (C=O) groups excluding carboxylic acids is 1. The zero-order chi connectivity index (χ0) is 19.1. The highest BCUT2D eigenvalue weighted by Crippen LogP contribution is 2.30. The molecule has 0 unspecified atom stereocenters. The Morgan fingerprint density at radius 1 is 1.35 bits per heavy atom. The van der Waals surface area contributed by atoms with Gasteiger partial charge in [-0.2, -0.15) is 18.3 Å². The van der Waals surface area contributed by atoms with E-state index >= 15 is 0 Å². The standard InChI is InChI=1S/C17H16F3N3O2S/c1-9-12-7-14(26-16(12)23(2)22-9)15(25)21-13(8-24)10-3-5-11(6-4-10)17(18,19)20/h3-7,13,24H,8H2,1-2H3,(H,21,25)/t13-/m1/s1. The van der Waals surface area contributed by atoms with Gasteiger partial charge in [-0.15, -0.1) is 11.3 Å². The molecular weight excluding hydrogens is 367 g/mol. The number of nitrogens with one attached hydrogen (secondary N) is 1. The van der Waals surface area contributed by atoms with Crippen molar-refractivity contribution in [3.8, 4) is 0 Å². The van der Waals surface area contributed by atoms with E-state index in [1.54, 1.807) is 17.8 Å². The van der Waals surface area contributed by atoms with Crippen LogP contribution in [0.1, 0.15) is 32.5 Å². The van der Waals surface area contributed by atoms with Gasteiger partial charge in [-0.1, -0.05) is 12.1 Å². The first-order valence-corrected chi connectivity index (χ1v) is 8.54. The van der Waals surface area contributed by atoms with E-state index in [4.69, 9.17) is 0 Å². The number of nitrogens with zero attached hydrogens (tertiary/aromatic N) is 2. The topological polar surface area (TPSA) is 67.2 Å². The number of aromatic nitrogens is 2. The van der Waals surface area contributed by atoms with Gasteiger partial charge in [0, 0.05) is 12.4 Å². The molecule has 138 valence electrons. The van der Waals surface area contributed by atoms with Crippen LogP contribution in [-0.2, 0) is 13.2 Å². The maximum Gasteiger partial charge on any atom is 0.416 e. The minimum Gasteiger partial charge on any atom is -0.394 e. The van der Waals surface area contributed by atoms with Gasteiger partial charge in [0.2, 0.25) is 0 Å². The second-order valence-electron chi connectivity index (χ2n) is 5.87. The molecule has 1 aromatic carbocycles. The van der Waals surface area contributed by atoms with E-state index in [1.807, 2.05) is 6.92 Å². The number of benzene rings is 1. The highest BCUT2D eigenvalue weighted by Gasteiger charge is 2.30. The number of amides is 1. The summed E-state index contributed by atoms with van der Waals surface area (Å²) < 4.78 is 39.6. The highest BCUT2D eigenvalue weighted by atomic mass is 32.1. The second-order valence-corrected chi connectivity index (χ2v) is 6.90. The first kappa shape index (κ1) is 18.4. The van der Waals surface area contributed by atoms with E-state index in [9.17, 15) is 23.1 Å². The molecule has 0 fully saturated rings. The van der Waals surface area contributed by atoms with Crippen molar-refractivity contribution in [3.05, 3.63) is 52.0 Å². The number of halogens is 3. The van der Waals surface area contributed by atoms with Crippen LogP contribution in [0.5, 0.6) is 0 Å². The molecule has 1 amide bonds. The van der Waals surface area contributed by atoms with Gasteiger partial charge in [-0.3, -0.25) is 9.48 Å². The molecule has 1 atom stereocenters. The molecule has 0 spiro atoms. The van der Waals surface area contributed by atoms with Gasteiger partial charge in [-0.25, -0.2) is 0 Å². The predicted molar refractivity (Wildman–Crippen MR) is 92.1 cm³/mol. The number of fused-ring (bicyclic) bond motifs is 1. The molecule has 2 aromatic heterocycles. The molecule has 0 aliphatic heterocycles. The SMILES string of the molecule is Cc1nn(C)c2sc(C(=O)N[C@H](CO)c3ccc(C(F)(F)F)cc3)cc12. The van der Waals surface area contributed by atoms with Gasteiger partial charge in [0.1, 0.15) is 4.83 Å². The average molecular weight is 383 g/mol. The summed E-state index contributed by atoms with van der Waals surface area (Å²) in [6, 6.07) is 5.29. The minimum atomic E-state index is -4.43. The summed E-state index contributed by atoms with van der Waals surface area (Å²) in [4.78, 5) is 13.8.